The minimum absolute atomic E-state index is 0.196. The van der Waals surface area contributed by atoms with Crippen LogP contribution in [-0.2, 0) is 0 Å². The first-order valence-corrected chi connectivity index (χ1v) is 5.00. The fraction of sp³-hybridized carbons (Fsp3) is 0.500. The average molecular weight is 177 g/mol. The Morgan fingerprint density at radius 2 is 1.54 bits per heavy atom. The third-order valence-electron chi connectivity index (χ3n) is 2.47. The molecule has 0 heterocycles. The van der Waals surface area contributed by atoms with Crippen LogP contribution in [0.3, 0.4) is 0 Å². The smallest absolute Gasteiger partial charge is 0.0292 e. The van der Waals surface area contributed by atoms with Crippen molar-refractivity contribution in [2.45, 2.75) is 39.2 Å². The first kappa shape index (κ1) is 10.3. The van der Waals surface area contributed by atoms with Crippen LogP contribution in [-0.4, -0.2) is 0 Å². The second-order valence-corrected chi connectivity index (χ2v) is 3.84. The number of hydrogen-bond acceptors (Lipinski definition) is 1. The standard InChI is InChI=1S/C12H19N/c1-4-12(13)11-7-5-10(6-8-11)9(2)3/h5-9,12H,4,13H2,1-3H3/t12-/m1/s1. The number of nitrogens with two attached hydrogens (primary N) is 1. The molecule has 0 spiro atoms. The van der Waals surface area contributed by atoms with Crippen molar-refractivity contribution >= 4 is 0 Å². The molecule has 0 radical (unpaired) electrons. The summed E-state index contributed by atoms with van der Waals surface area (Å²) < 4.78 is 0. The van der Waals surface area contributed by atoms with E-state index in [0.717, 1.165) is 6.42 Å². The van der Waals surface area contributed by atoms with Gasteiger partial charge in [-0.05, 0) is 23.5 Å². The zero-order chi connectivity index (χ0) is 9.84. The Hall–Kier alpha value is -0.820. The van der Waals surface area contributed by atoms with E-state index in [1.54, 1.807) is 0 Å². The van der Waals surface area contributed by atoms with Crippen LogP contribution in [0, 0.1) is 0 Å². The predicted molar refractivity (Wildman–Crippen MR) is 57.8 cm³/mol. The van der Waals surface area contributed by atoms with Crippen LogP contribution in [0.25, 0.3) is 0 Å². The minimum atomic E-state index is 0.196. The summed E-state index contributed by atoms with van der Waals surface area (Å²) in [7, 11) is 0. The van der Waals surface area contributed by atoms with Crippen molar-refractivity contribution < 1.29 is 0 Å². The molecule has 1 aromatic rings. The number of hydrogen-bond donors (Lipinski definition) is 1. The SMILES string of the molecule is CC[C@@H](N)c1ccc(C(C)C)cc1. The van der Waals surface area contributed by atoms with Crippen molar-refractivity contribution in [2.75, 3.05) is 0 Å². The highest BCUT2D eigenvalue weighted by molar-refractivity contribution is 5.26. The molecule has 0 aliphatic heterocycles. The molecule has 0 saturated heterocycles. The van der Waals surface area contributed by atoms with Crippen LogP contribution < -0.4 is 5.73 Å². The van der Waals surface area contributed by atoms with Gasteiger partial charge < -0.3 is 5.73 Å². The van der Waals surface area contributed by atoms with Crippen LogP contribution >= 0.6 is 0 Å². The first-order chi connectivity index (χ1) is 6.15. The van der Waals surface area contributed by atoms with E-state index in [4.69, 9.17) is 5.73 Å². The van der Waals surface area contributed by atoms with Gasteiger partial charge in [-0.3, -0.25) is 0 Å². The van der Waals surface area contributed by atoms with Crippen LogP contribution in [0.1, 0.15) is 50.3 Å². The third-order valence-corrected chi connectivity index (χ3v) is 2.47. The summed E-state index contributed by atoms with van der Waals surface area (Å²) in [5.74, 6) is 0.604. The fourth-order valence-corrected chi connectivity index (χ4v) is 1.36. The molecule has 0 aromatic heterocycles. The Morgan fingerprint density at radius 1 is 1.08 bits per heavy atom. The molecule has 0 unspecified atom stereocenters. The zero-order valence-corrected chi connectivity index (χ0v) is 8.75. The second-order valence-electron chi connectivity index (χ2n) is 3.84. The van der Waals surface area contributed by atoms with Crippen molar-refractivity contribution in [3.05, 3.63) is 35.4 Å². The monoisotopic (exact) mass is 177 g/mol. The minimum Gasteiger partial charge on any atom is -0.324 e. The number of rotatable bonds is 3. The Kier molecular flexibility index (Phi) is 3.49. The Labute approximate surface area is 81.0 Å². The quantitative estimate of drug-likeness (QED) is 0.753. The molecule has 1 rings (SSSR count). The highest BCUT2D eigenvalue weighted by atomic mass is 14.6. The van der Waals surface area contributed by atoms with E-state index in [9.17, 15) is 0 Å². The second kappa shape index (κ2) is 4.43. The van der Waals surface area contributed by atoms with E-state index >= 15 is 0 Å². The Balaban J connectivity index is 2.81. The lowest BCUT2D eigenvalue weighted by atomic mass is 9.98. The Bertz CT molecular complexity index is 248. The molecule has 72 valence electrons. The largest absolute Gasteiger partial charge is 0.324 e. The Morgan fingerprint density at radius 3 is 1.92 bits per heavy atom. The van der Waals surface area contributed by atoms with Gasteiger partial charge in [0.2, 0.25) is 0 Å². The normalized spacial score (nSPS) is 13.3. The van der Waals surface area contributed by atoms with Gasteiger partial charge in [0.25, 0.3) is 0 Å². The maximum Gasteiger partial charge on any atom is 0.0292 e. The van der Waals surface area contributed by atoms with Gasteiger partial charge in [-0.25, -0.2) is 0 Å². The molecule has 2 N–H and O–H groups in total. The van der Waals surface area contributed by atoms with E-state index in [2.05, 4.69) is 45.0 Å². The van der Waals surface area contributed by atoms with Gasteiger partial charge in [0, 0.05) is 6.04 Å². The van der Waals surface area contributed by atoms with Gasteiger partial charge in [0.15, 0.2) is 0 Å². The number of benzene rings is 1. The van der Waals surface area contributed by atoms with Gasteiger partial charge in [-0.2, -0.15) is 0 Å². The summed E-state index contributed by atoms with van der Waals surface area (Å²) >= 11 is 0. The van der Waals surface area contributed by atoms with E-state index in [-0.39, 0.29) is 6.04 Å². The van der Waals surface area contributed by atoms with E-state index in [0.29, 0.717) is 5.92 Å². The summed E-state index contributed by atoms with van der Waals surface area (Å²) in [5, 5.41) is 0. The summed E-state index contributed by atoms with van der Waals surface area (Å²) in [6, 6.07) is 8.83. The lowest BCUT2D eigenvalue weighted by Gasteiger charge is -2.11. The predicted octanol–water partition coefficient (Wildman–Crippen LogP) is 3.22. The summed E-state index contributed by atoms with van der Waals surface area (Å²) in [6.45, 7) is 6.52. The molecule has 1 atom stereocenters. The average Bonchev–Trinajstić information content (AvgIpc) is 2.17. The molecular formula is C12H19N. The van der Waals surface area contributed by atoms with E-state index in [1.807, 2.05) is 0 Å². The molecule has 0 fully saturated rings. The highest BCUT2D eigenvalue weighted by Crippen LogP contribution is 2.18. The molecule has 1 heteroatoms. The van der Waals surface area contributed by atoms with Crippen LogP contribution in [0.15, 0.2) is 24.3 Å². The summed E-state index contributed by atoms with van der Waals surface area (Å²) in [5.41, 5.74) is 8.54. The van der Waals surface area contributed by atoms with E-state index < -0.39 is 0 Å². The lowest BCUT2D eigenvalue weighted by Crippen LogP contribution is -2.08. The van der Waals surface area contributed by atoms with Crippen molar-refractivity contribution in [1.29, 1.82) is 0 Å². The molecule has 1 aromatic carbocycles. The van der Waals surface area contributed by atoms with E-state index in [1.165, 1.54) is 11.1 Å². The molecule has 13 heavy (non-hydrogen) atoms. The molecular weight excluding hydrogens is 158 g/mol. The molecule has 0 aliphatic carbocycles. The first-order valence-electron chi connectivity index (χ1n) is 5.00. The van der Waals surface area contributed by atoms with Crippen molar-refractivity contribution in [3.63, 3.8) is 0 Å². The molecule has 1 nitrogen and oxygen atoms in total. The fourth-order valence-electron chi connectivity index (χ4n) is 1.36. The molecule has 0 bridgehead atoms. The van der Waals surface area contributed by atoms with Gasteiger partial charge in [0.1, 0.15) is 0 Å². The molecule has 0 aliphatic rings. The van der Waals surface area contributed by atoms with Crippen molar-refractivity contribution in [3.8, 4) is 0 Å². The summed E-state index contributed by atoms with van der Waals surface area (Å²) in [6.07, 6.45) is 1.00. The van der Waals surface area contributed by atoms with Crippen LogP contribution in [0.4, 0.5) is 0 Å². The van der Waals surface area contributed by atoms with Crippen LogP contribution in [0.2, 0.25) is 0 Å². The highest BCUT2D eigenvalue weighted by Gasteiger charge is 2.03. The maximum atomic E-state index is 5.92. The summed E-state index contributed by atoms with van der Waals surface area (Å²) in [4.78, 5) is 0. The lowest BCUT2D eigenvalue weighted by molar-refractivity contribution is 0.697. The van der Waals surface area contributed by atoms with Crippen LogP contribution in [0.5, 0.6) is 0 Å². The van der Waals surface area contributed by atoms with Crippen molar-refractivity contribution in [1.82, 2.24) is 0 Å². The van der Waals surface area contributed by atoms with Crippen molar-refractivity contribution in [2.24, 2.45) is 5.73 Å². The van der Waals surface area contributed by atoms with Gasteiger partial charge in [0.05, 0.1) is 0 Å². The van der Waals surface area contributed by atoms with Gasteiger partial charge in [-0.15, -0.1) is 0 Å². The molecule has 0 saturated carbocycles. The third kappa shape index (κ3) is 2.56. The molecule has 0 amide bonds. The topological polar surface area (TPSA) is 26.0 Å². The van der Waals surface area contributed by atoms with Gasteiger partial charge >= 0.3 is 0 Å². The maximum absolute atomic E-state index is 5.92. The zero-order valence-electron chi connectivity index (χ0n) is 8.75. The van der Waals surface area contributed by atoms with Gasteiger partial charge in [-0.1, -0.05) is 45.0 Å².